The molecule has 23 heavy (non-hydrogen) atoms. The highest BCUT2D eigenvalue weighted by Gasteiger charge is 2.27. The third-order valence-corrected chi connectivity index (χ3v) is 4.75. The maximum Gasteiger partial charge on any atom is 0.258 e. The van der Waals surface area contributed by atoms with Crippen molar-refractivity contribution in [2.24, 2.45) is 0 Å². The number of benzene rings is 1. The number of para-hydroxylation sites is 1. The maximum atomic E-state index is 12.9. The quantitative estimate of drug-likeness (QED) is 0.890. The number of rotatable bonds is 2. The normalized spacial score (nSPS) is 15.9. The van der Waals surface area contributed by atoms with Gasteiger partial charge in [-0.1, -0.05) is 18.2 Å². The summed E-state index contributed by atoms with van der Waals surface area (Å²) in [5.41, 5.74) is 4.68. The summed E-state index contributed by atoms with van der Waals surface area (Å²) in [6, 6.07) is 8.13. The van der Waals surface area contributed by atoms with Crippen LogP contribution in [0.2, 0.25) is 0 Å². The van der Waals surface area contributed by atoms with Gasteiger partial charge in [0.2, 0.25) is 0 Å². The minimum atomic E-state index is 0.118. The number of aromatic nitrogens is 2. The zero-order valence-corrected chi connectivity index (χ0v) is 14.4. The van der Waals surface area contributed by atoms with E-state index in [9.17, 15) is 4.79 Å². The van der Waals surface area contributed by atoms with Crippen molar-refractivity contribution in [2.75, 3.05) is 33.2 Å². The van der Waals surface area contributed by atoms with Crippen LogP contribution in [0.1, 0.15) is 27.3 Å². The molecule has 1 aromatic heterocycles. The first-order chi connectivity index (χ1) is 11.0. The zero-order valence-electron chi connectivity index (χ0n) is 14.4. The standard InChI is InChI=1S/C18H24N4O/c1-13-7-5-6-8-16(13)22-15(3)17(14(2)19-22)18(23)21-11-9-20(4)10-12-21/h5-8H,9-12H2,1-4H3/p+1. The molecule has 3 rings (SSSR count). The number of nitrogens with one attached hydrogen (secondary N) is 1. The Bertz CT molecular complexity index is 727. The lowest BCUT2D eigenvalue weighted by atomic mass is 10.1. The predicted molar refractivity (Wildman–Crippen MR) is 90.3 cm³/mol. The molecule has 2 heterocycles. The van der Waals surface area contributed by atoms with Gasteiger partial charge in [-0.25, -0.2) is 4.68 Å². The van der Waals surface area contributed by atoms with Crippen molar-refractivity contribution < 1.29 is 9.69 Å². The number of likely N-dealkylation sites (N-methyl/N-ethyl adjacent to an activating group) is 1. The van der Waals surface area contributed by atoms with Crippen LogP contribution in [0.15, 0.2) is 24.3 Å². The number of carbonyl (C=O) groups excluding carboxylic acids is 1. The Morgan fingerprint density at radius 2 is 1.78 bits per heavy atom. The van der Waals surface area contributed by atoms with Crippen LogP contribution < -0.4 is 4.90 Å². The summed E-state index contributed by atoms with van der Waals surface area (Å²) < 4.78 is 1.90. The van der Waals surface area contributed by atoms with Gasteiger partial charge in [0, 0.05) is 0 Å². The molecule has 1 N–H and O–H groups in total. The van der Waals surface area contributed by atoms with E-state index in [0.29, 0.717) is 0 Å². The van der Waals surface area contributed by atoms with Gasteiger partial charge in [0.15, 0.2) is 0 Å². The SMILES string of the molecule is Cc1ccccc1-n1nc(C)c(C(=O)N2CC[NH+](C)CC2)c1C. The van der Waals surface area contributed by atoms with E-state index in [2.05, 4.69) is 25.1 Å². The molecule has 1 fully saturated rings. The van der Waals surface area contributed by atoms with Gasteiger partial charge in [0.25, 0.3) is 5.91 Å². The van der Waals surface area contributed by atoms with E-state index in [-0.39, 0.29) is 5.91 Å². The number of nitrogens with zero attached hydrogens (tertiary/aromatic N) is 3. The van der Waals surface area contributed by atoms with Crippen LogP contribution in [0.4, 0.5) is 0 Å². The van der Waals surface area contributed by atoms with Crippen molar-refractivity contribution in [3.8, 4) is 5.69 Å². The summed E-state index contributed by atoms with van der Waals surface area (Å²) in [5.74, 6) is 0.118. The van der Waals surface area contributed by atoms with Gasteiger partial charge < -0.3 is 9.80 Å². The number of hydrogen-bond acceptors (Lipinski definition) is 2. The maximum absolute atomic E-state index is 12.9. The molecular weight excluding hydrogens is 288 g/mol. The van der Waals surface area contributed by atoms with Gasteiger partial charge in [0.05, 0.1) is 55.9 Å². The highest BCUT2D eigenvalue weighted by atomic mass is 16.2. The summed E-state index contributed by atoms with van der Waals surface area (Å²) >= 11 is 0. The van der Waals surface area contributed by atoms with Crippen molar-refractivity contribution in [3.63, 3.8) is 0 Å². The fourth-order valence-corrected chi connectivity index (χ4v) is 3.24. The van der Waals surface area contributed by atoms with Gasteiger partial charge in [0.1, 0.15) is 0 Å². The Labute approximate surface area is 137 Å². The lowest BCUT2D eigenvalue weighted by molar-refractivity contribution is -0.883. The first-order valence-corrected chi connectivity index (χ1v) is 8.22. The van der Waals surface area contributed by atoms with Crippen LogP contribution in [-0.4, -0.2) is 53.8 Å². The van der Waals surface area contributed by atoms with E-state index in [1.54, 1.807) is 0 Å². The molecule has 1 saturated heterocycles. The molecule has 0 bridgehead atoms. The summed E-state index contributed by atoms with van der Waals surface area (Å²) in [4.78, 5) is 16.4. The molecule has 5 nitrogen and oxygen atoms in total. The van der Waals surface area contributed by atoms with Crippen molar-refractivity contribution in [1.82, 2.24) is 14.7 Å². The Balaban J connectivity index is 1.95. The van der Waals surface area contributed by atoms with Gasteiger partial charge >= 0.3 is 0 Å². The third kappa shape index (κ3) is 2.88. The van der Waals surface area contributed by atoms with Gasteiger partial charge in [-0.3, -0.25) is 4.79 Å². The Hall–Kier alpha value is -2.14. The smallest absolute Gasteiger partial charge is 0.258 e. The second-order valence-corrected chi connectivity index (χ2v) is 6.49. The molecule has 0 unspecified atom stereocenters. The van der Waals surface area contributed by atoms with Crippen molar-refractivity contribution >= 4 is 5.91 Å². The average Bonchev–Trinajstić information content (AvgIpc) is 2.82. The van der Waals surface area contributed by atoms with E-state index in [4.69, 9.17) is 0 Å². The Kier molecular flexibility index (Phi) is 4.22. The van der Waals surface area contributed by atoms with Crippen LogP contribution in [0.5, 0.6) is 0 Å². The second-order valence-electron chi connectivity index (χ2n) is 6.49. The van der Waals surface area contributed by atoms with E-state index in [0.717, 1.165) is 54.4 Å². The zero-order chi connectivity index (χ0) is 16.6. The molecular formula is C18H25N4O+. The molecule has 1 aliphatic heterocycles. The number of quaternary nitrogens is 1. The van der Waals surface area contributed by atoms with Gasteiger partial charge in [-0.2, -0.15) is 5.10 Å². The molecule has 0 spiro atoms. The molecule has 0 atom stereocenters. The first-order valence-electron chi connectivity index (χ1n) is 8.22. The summed E-state index contributed by atoms with van der Waals surface area (Å²) in [5, 5.41) is 4.64. The average molecular weight is 313 g/mol. The van der Waals surface area contributed by atoms with Gasteiger partial charge in [-0.15, -0.1) is 0 Å². The first kappa shape index (κ1) is 15.7. The van der Waals surface area contributed by atoms with Gasteiger partial charge in [-0.05, 0) is 32.4 Å². The number of aryl methyl sites for hydroxylation is 2. The Morgan fingerprint density at radius 3 is 2.43 bits per heavy atom. The molecule has 2 aromatic rings. The van der Waals surface area contributed by atoms with E-state index >= 15 is 0 Å². The number of carbonyl (C=O) groups is 1. The molecule has 0 saturated carbocycles. The monoisotopic (exact) mass is 313 g/mol. The lowest BCUT2D eigenvalue weighted by Crippen LogP contribution is -3.12. The van der Waals surface area contributed by atoms with Crippen LogP contribution >= 0.6 is 0 Å². The largest absolute Gasteiger partial charge is 0.334 e. The third-order valence-electron chi connectivity index (χ3n) is 4.75. The van der Waals surface area contributed by atoms with E-state index < -0.39 is 0 Å². The molecule has 1 aliphatic rings. The topological polar surface area (TPSA) is 42.6 Å². The number of hydrogen-bond donors (Lipinski definition) is 1. The van der Waals surface area contributed by atoms with Crippen LogP contribution in [0.3, 0.4) is 0 Å². The molecule has 122 valence electrons. The highest BCUT2D eigenvalue weighted by Crippen LogP contribution is 2.21. The molecule has 1 aromatic carbocycles. The second kappa shape index (κ2) is 6.16. The van der Waals surface area contributed by atoms with Crippen LogP contribution in [-0.2, 0) is 0 Å². The number of amides is 1. The fourth-order valence-electron chi connectivity index (χ4n) is 3.24. The van der Waals surface area contributed by atoms with Crippen molar-refractivity contribution in [2.45, 2.75) is 20.8 Å². The van der Waals surface area contributed by atoms with E-state index in [1.807, 2.05) is 41.6 Å². The highest BCUT2D eigenvalue weighted by molar-refractivity contribution is 5.96. The van der Waals surface area contributed by atoms with Crippen LogP contribution in [0.25, 0.3) is 5.69 Å². The molecule has 1 amide bonds. The van der Waals surface area contributed by atoms with Crippen LogP contribution in [0, 0.1) is 20.8 Å². The summed E-state index contributed by atoms with van der Waals surface area (Å²) in [7, 11) is 2.18. The predicted octanol–water partition coefficient (Wildman–Crippen LogP) is 0.768. The minimum Gasteiger partial charge on any atom is -0.334 e. The summed E-state index contributed by atoms with van der Waals surface area (Å²) in [6.45, 7) is 9.64. The minimum absolute atomic E-state index is 0.118. The summed E-state index contributed by atoms with van der Waals surface area (Å²) in [6.07, 6.45) is 0. The van der Waals surface area contributed by atoms with Crippen molar-refractivity contribution in [3.05, 3.63) is 46.8 Å². The fraction of sp³-hybridized carbons (Fsp3) is 0.444. The van der Waals surface area contributed by atoms with Crippen molar-refractivity contribution in [1.29, 1.82) is 0 Å². The molecule has 0 aliphatic carbocycles. The number of piperazine rings is 1. The van der Waals surface area contributed by atoms with E-state index in [1.165, 1.54) is 4.90 Å². The molecule has 5 heteroatoms. The Morgan fingerprint density at radius 1 is 1.13 bits per heavy atom. The lowest BCUT2D eigenvalue weighted by Gasteiger charge is -2.30. The molecule has 0 radical (unpaired) electrons.